The van der Waals surface area contributed by atoms with E-state index in [1.807, 2.05) is 0 Å². The van der Waals surface area contributed by atoms with Gasteiger partial charge in [-0.1, -0.05) is 52.5 Å². The molecule has 0 amide bonds. The molecule has 2 nitrogen and oxygen atoms in total. The number of ether oxygens (including phenoxy) is 1. The minimum absolute atomic E-state index is 0.329. The van der Waals surface area contributed by atoms with Gasteiger partial charge in [-0.25, -0.2) is 0 Å². The van der Waals surface area contributed by atoms with Gasteiger partial charge in [0, 0.05) is 6.07 Å². The van der Waals surface area contributed by atoms with Crippen molar-refractivity contribution in [1.82, 2.24) is 0 Å². The molecule has 106 valence electrons. The van der Waals surface area contributed by atoms with Gasteiger partial charge in [0.05, 0.1) is 26.2 Å². The third kappa shape index (κ3) is 3.51. The summed E-state index contributed by atoms with van der Waals surface area (Å²) < 4.78 is 5.62. The van der Waals surface area contributed by atoms with Crippen LogP contribution < -0.4 is 4.74 Å². The van der Waals surface area contributed by atoms with Crippen LogP contribution in [0.2, 0.25) is 20.1 Å². The summed E-state index contributed by atoms with van der Waals surface area (Å²) in [4.78, 5) is 0. The van der Waals surface area contributed by atoms with Crippen LogP contribution in [0.1, 0.15) is 18.6 Å². The van der Waals surface area contributed by atoms with Gasteiger partial charge in [0.2, 0.25) is 0 Å². The fourth-order valence-corrected chi connectivity index (χ4v) is 2.36. The van der Waals surface area contributed by atoms with Gasteiger partial charge in [-0.3, -0.25) is 0 Å². The lowest BCUT2D eigenvalue weighted by molar-refractivity contribution is 0.199. The molecule has 0 radical (unpaired) electrons. The molecule has 2 aromatic carbocycles. The summed E-state index contributed by atoms with van der Waals surface area (Å²) in [6, 6.07) is 8.03. The van der Waals surface area contributed by atoms with Crippen LogP contribution in [0.5, 0.6) is 11.5 Å². The molecule has 0 heterocycles. The fourth-order valence-electron chi connectivity index (χ4n) is 1.56. The predicted octanol–water partition coefficient (Wildman–Crippen LogP) is 6.15. The van der Waals surface area contributed by atoms with Crippen LogP contribution in [-0.2, 0) is 0 Å². The molecule has 0 aromatic heterocycles. The van der Waals surface area contributed by atoms with Crippen LogP contribution in [-0.4, -0.2) is 5.11 Å². The number of hydrogen-bond acceptors (Lipinski definition) is 2. The van der Waals surface area contributed by atoms with Gasteiger partial charge >= 0.3 is 0 Å². The maximum atomic E-state index is 9.49. The largest absolute Gasteiger partial charge is 0.454 e. The van der Waals surface area contributed by atoms with Gasteiger partial charge in [-0.05, 0) is 30.7 Å². The Balaban J connectivity index is 2.33. The van der Waals surface area contributed by atoms with Crippen molar-refractivity contribution in [2.45, 2.75) is 13.0 Å². The molecule has 0 saturated carbocycles. The van der Waals surface area contributed by atoms with E-state index in [0.29, 0.717) is 37.2 Å². The number of rotatable bonds is 3. The zero-order valence-electron chi connectivity index (χ0n) is 10.3. The van der Waals surface area contributed by atoms with Gasteiger partial charge in [-0.15, -0.1) is 0 Å². The Bertz CT molecular complexity index is 641. The highest BCUT2D eigenvalue weighted by Crippen LogP contribution is 2.38. The highest BCUT2D eigenvalue weighted by atomic mass is 35.5. The van der Waals surface area contributed by atoms with Crippen LogP contribution in [0, 0.1) is 0 Å². The fraction of sp³-hybridized carbons (Fsp3) is 0.143. The second-order valence-corrected chi connectivity index (χ2v) is 5.79. The molecular formula is C14H10Cl4O2. The Morgan fingerprint density at radius 2 is 1.45 bits per heavy atom. The topological polar surface area (TPSA) is 29.5 Å². The van der Waals surface area contributed by atoms with E-state index in [4.69, 9.17) is 51.1 Å². The molecule has 6 heteroatoms. The molecule has 0 spiro atoms. The van der Waals surface area contributed by atoms with Crippen LogP contribution in [0.15, 0.2) is 30.3 Å². The predicted molar refractivity (Wildman–Crippen MR) is 83.6 cm³/mol. The van der Waals surface area contributed by atoms with Crippen molar-refractivity contribution in [2.75, 3.05) is 0 Å². The lowest BCUT2D eigenvalue weighted by Gasteiger charge is -2.12. The van der Waals surface area contributed by atoms with Crippen molar-refractivity contribution in [1.29, 1.82) is 0 Å². The van der Waals surface area contributed by atoms with Crippen molar-refractivity contribution in [3.8, 4) is 11.5 Å². The zero-order valence-corrected chi connectivity index (χ0v) is 13.4. The summed E-state index contributed by atoms with van der Waals surface area (Å²) in [5, 5.41) is 10.9. The standard InChI is InChI=1S/C14H10Cl4O2/c1-7(19)8-2-3-13(11(17)4-8)20-14-6-10(16)9(15)5-12(14)18/h2-7,19H,1H3/t7-/m0/s1. The quantitative estimate of drug-likeness (QED) is 0.672. The highest BCUT2D eigenvalue weighted by Gasteiger charge is 2.11. The average Bonchev–Trinajstić information content (AvgIpc) is 2.37. The summed E-state index contributed by atoms with van der Waals surface area (Å²) in [7, 11) is 0. The first kappa shape index (κ1) is 15.7. The molecule has 1 N–H and O–H groups in total. The SMILES string of the molecule is C[C@H](O)c1ccc(Oc2cc(Cl)c(Cl)cc2Cl)c(Cl)c1. The zero-order chi connectivity index (χ0) is 14.9. The van der Waals surface area contributed by atoms with Gasteiger partial charge in [-0.2, -0.15) is 0 Å². The third-order valence-electron chi connectivity index (χ3n) is 2.63. The molecular weight excluding hydrogens is 342 g/mol. The van der Waals surface area contributed by atoms with E-state index in [9.17, 15) is 5.11 Å². The van der Waals surface area contributed by atoms with Crippen molar-refractivity contribution < 1.29 is 9.84 Å². The van der Waals surface area contributed by atoms with Crippen LogP contribution in [0.25, 0.3) is 0 Å². The summed E-state index contributed by atoms with van der Waals surface area (Å²) in [5.41, 5.74) is 0.697. The molecule has 0 aliphatic carbocycles. The van der Waals surface area contributed by atoms with E-state index in [0.717, 1.165) is 0 Å². The first-order valence-electron chi connectivity index (χ1n) is 5.68. The summed E-state index contributed by atoms with van der Waals surface area (Å²) in [5.74, 6) is 0.768. The first-order chi connectivity index (χ1) is 9.38. The molecule has 2 rings (SSSR count). The molecule has 0 aliphatic heterocycles. The number of hydrogen-bond donors (Lipinski definition) is 1. The third-order valence-corrected chi connectivity index (χ3v) is 3.95. The Hall–Kier alpha value is -0.640. The maximum absolute atomic E-state index is 9.49. The molecule has 0 unspecified atom stereocenters. The normalized spacial score (nSPS) is 12.3. The molecule has 20 heavy (non-hydrogen) atoms. The molecule has 0 aliphatic rings. The first-order valence-corrected chi connectivity index (χ1v) is 7.19. The smallest absolute Gasteiger partial charge is 0.147 e. The Morgan fingerprint density at radius 1 is 0.850 bits per heavy atom. The van der Waals surface area contributed by atoms with Crippen molar-refractivity contribution >= 4 is 46.4 Å². The minimum Gasteiger partial charge on any atom is -0.454 e. The van der Waals surface area contributed by atoms with Crippen LogP contribution >= 0.6 is 46.4 Å². The summed E-state index contributed by atoms with van der Waals surface area (Å²) >= 11 is 23.9. The monoisotopic (exact) mass is 350 g/mol. The number of aliphatic hydroxyl groups is 1. The lowest BCUT2D eigenvalue weighted by Crippen LogP contribution is -1.92. The number of benzene rings is 2. The van der Waals surface area contributed by atoms with E-state index >= 15 is 0 Å². The van der Waals surface area contributed by atoms with Gasteiger partial charge in [0.1, 0.15) is 11.5 Å². The molecule has 1 atom stereocenters. The number of halogens is 4. The number of aliphatic hydroxyl groups excluding tert-OH is 1. The molecule has 0 fully saturated rings. The molecule has 2 aromatic rings. The molecule has 0 saturated heterocycles. The van der Waals surface area contributed by atoms with Crippen molar-refractivity contribution in [2.24, 2.45) is 0 Å². The average molecular weight is 352 g/mol. The van der Waals surface area contributed by atoms with E-state index < -0.39 is 6.10 Å². The second-order valence-electron chi connectivity index (χ2n) is 4.16. The van der Waals surface area contributed by atoms with Crippen LogP contribution in [0.3, 0.4) is 0 Å². The Kier molecular flexibility index (Phi) is 5.05. The minimum atomic E-state index is -0.602. The van der Waals surface area contributed by atoms with Gasteiger partial charge in [0.25, 0.3) is 0 Å². The lowest BCUT2D eigenvalue weighted by atomic mass is 10.1. The van der Waals surface area contributed by atoms with Crippen molar-refractivity contribution in [3.63, 3.8) is 0 Å². The summed E-state index contributed by atoms with van der Waals surface area (Å²) in [6.07, 6.45) is -0.602. The van der Waals surface area contributed by atoms with Crippen molar-refractivity contribution in [3.05, 3.63) is 56.0 Å². The second kappa shape index (κ2) is 6.42. The highest BCUT2D eigenvalue weighted by molar-refractivity contribution is 6.43. The summed E-state index contributed by atoms with van der Waals surface area (Å²) in [6.45, 7) is 1.65. The van der Waals surface area contributed by atoms with E-state index in [-0.39, 0.29) is 0 Å². The van der Waals surface area contributed by atoms with Gasteiger partial charge < -0.3 is 9.84 Å². The Morgan fingerprint density at radius 3 is 2.05 bits per heavy atom. The molecule has 0 bridgehead atoms. The van der Waals surface area contributed by atoms with E-state index in [1.165, 1.54) is 12.1 Å². The van der Waals surface area contributed by atoms with Gasteiger partial charge in [0.15, 0.2) is 0 Å². The maximum Gasteiger partial charge on any atom is 0.147 e. The Labute approximate surface area is 136 Å². The van der Waals surface area contributed by atoms with E-state index in [2.05, 4.69) is 0 Å². The van der Waals surface area contributed by atoms with E-state index in [1.54, 1.807) is 25.1 Å². The van der Waals surface area contributed by atoms with Crippen LogP contribution in [0.4, 0.5) is 0 Å².